The van der Waals surface area contributed by atoms with Crippen molar-refractivity contribution in [2.75, 3.05) is 0 Å². The first kappa shape index (κ1) is 14.4. The van der Waals surface area contributed by atoms with Gasteiger partial charge in [0.15, 0.2) is 0 Å². The molecule has 0 amide bonds. The van der Waals surface area contributed by atoms with E-state index in [-0.39, 0.29) is 0 Å². The molecule has 0 aromatic heterocycles. The van der Waals surface area contributed by atoms with Crippen LogP contribution in [0.4, 0.5) is 0 Å². The Balaban J connectivity index is 0.000000194. The Hall–Kier alpha value is -2.98. The molecule has 0 radical (unpaired) electrons. The topological polar surface area (TPSA) is 20.2 Å². The monoisotopic (exact) mass is 272 g/mol. The van der Waals surface area contributed by atoms with E-state index in [4.69, 9.17) is 5.11 Å². The smallest absolute Gasteiger partial charge is 0.115 e. The van der Waals surface area contributed by atoms with Gasteiger partial charge in [0.2, 0.25) is 0 Å². The van der Waals surface area contributed by atoms with E-state index < -0.39 is 0 Å². The highest BCUT2D eigenvalue weighted by Gasteiger charge is 1.83. The van der Waals surface area contributed by atoms with Crippen molar-refractivity contribution in [3.8, 4) is 17.6 Å². The maximum absolute atomic E-state index is 8.63. The second-order valence-electron chi connectivity index (χ2n) is 4.32. The first-order valence-corrected chi connectivity index (χ1v) is 6.71. The summed E-state index contributed by atoms with van der Waals surface area (Å²) >= 11 is 0. The normalized spacial score (nSPS) is 8.76. The Labute approximate surface area is 125 Å². The lowest BCUT2D eigenvalue weighted by atomic mass is 10.2. The summed E-state index contributed by atoms with van der Waals surface area (Å²) in [5, 5.41) is 8.63. The van der Waals surface area contributed by atoms with Gasteiger partial charge in [-0.15, -0.1) is 0 Å². The molecule has 1 N–H and O–H groups in total. The molecule has 0 saturated carbocycles. The van der Waals surface area contributed by atoms with Gasteiger partial charge in [-0.3, -0.25) is 0 Å². The van der Waals surface area contributed by atoms with Crippen molar-refractivity contribution < 1.29 is 5.11 Å². The van der Waals surface area contributed by atoms with Gasteiger partial charge in [-0.05, 0) is 36.4 Å². The summed E-state index contributed by atoms with van der Waals surface area (Å²) in [6.07, 6.45) is 0. The third-order valence-corrected chi connectivity index (χ3v) is 2.65. The van der Waals surface area contributed by atoms with E-state index in [1.807, 2.05) is 66.7 Å². The molecule has 0 fully saturated rings. The fourth-order valence-corrected chi connectivity index (χ4v) is 1.62. The van der Waals surface area contributed by atoms with Gasteiger partial charge in [0, 0.05) is 11.1 Å². The van der Waals surface area contributed by atoms with Gasteiger partial charge < -0.3 is 5.11 Å². The van der Waals surface area contributed by atoms with E-state index in [2.05, 4.69) is 11.8 Å². The predicted octanol–water partition coefficient (Wildman–Crippen LogP) is 4.48. The number of benzene rings is 3. The summed E-state index contributed by atoms with van der Waals surface area (Å²) in [5.41, 5.74) is 2.10. The molecule has 3 rings (SSSR count). The molecule has 0 saturated heterocycles. The molecule has 0 aliphatic heterocycles. The first-order chi connectivity index (χ1) is 10.3. The molecular weight excluding hydrogens is 256 g/mol. The van der Waals surface area contributed by atoms with E-state index in [0.29, 0.717) is 5.75 Å². The Morgan fingerprint density at radius 3 is 1.10 bits per heavy atom. The van der Waals surface area contributed by atoms with Crippen LogP contribution in [0.15, 0.2) is 91.0 Å². The van der Waals surface area contributed by atoms with Crippen LogP contribution in [0, 0.1) is 11.8 Å². The SMILES string of the molecule is C(#Cc1ccccc1)c1ccccc1.Oc1ccccc1. The molecule has 3 aromatic rings. The molecule has 21 heavy (non-hydrogen) atoms. The van der Waals surface area contributed by atoms with Crippen molar-refractivity contribution in [1.29, 1.82) is 0 Å². The van der Waals surface area contributed by atoms with Crippen LogP contribution in [-0.2, 0) is 0 Å². The molecule has 0 aliphatic rings. The Bertz CT molecular complexity index is 649. The standard InChI is InChI=1S/C14H10.C6H6O/c1-3-7-13(8-4-1)11-12-14-9-5-2-6-10-14;7-6-4-2-1-3-5-6/h1-10H;1-5,7H. The maximum atomic E-state index is 8.63. The largest absolute Gasteiger partial charge is 0.508 e. The number of phenolic OH excluding ortho intramolecular Hbond substituents is 1. The van der Waals surface area contributed by atoms with Crippen LogP contribution >= 0.6 is 0 Å². The first-order valence-electron chi connectivity index (χ1n) is 6.71. The van der Waals surface area contributed by atoms with Gasteiger partial charge in [-0.1, -0.05) is 66.4 Å². The summed E-state index contributed by atoms with van der Waals surface area (Å²) in [4.78, 5) is 0. The Morgan fingerprint density at radius 1 is 0.476 bits per heavy atom. The van der Waals surface area contributed by atoms with Crippen molar-refractivity contribution in [3.05, 3.63) is 102 Å². The lowest BCUT2D eigenvalue weighted by Gasteiger charge is -1.88. The van der Waals surface area contributed by atoms with Crippen molar-refractivity contribution in [2.24, 2.45) is 0 Å². The highest BCUT2D eigenvalue weighted by Crippen LogP contribution is 2.02. The van der Waals surface area contributed by atoms with Crippen LogP contribution < -0.4 is 0 Å². The molecule has 0 atom stereocenters. The van der Waals surface area contributed by atoms with Crippen molar-refractivity contribution in [3.63, 3.8) is 0 Å². The Morgan fingerprint density at radius 2 is 0.810 bits per heavy atom. The van der Waals surface area contributed by atoms with Crippen LogP contribution in [0.2, 0.25) is 0 Å². The lowest BCUT2D eigenvalue weighted by molar-refractivity contribution is 0.475. The zero-order valence-electron chi connectivity index (χ0n) is 11.6. The summed E-state index contributed by atoms with van der Waals surface area (Å²) in [6.45, 7) is 0. The summed E-state index contributed by atoms with van der Waals surface area (Å²) in [6, 6.07) is 28.7. The number of hydrogen-bond donors (Lipinski definition) is 1. The van der Waals surface area contributed by atoms with Crippen molar-refractivity contribution >= 4 is 0 Å². The molecule has 1 nitrogen and oxygen atoms in total. The molecular formula is C20H16O. The molecule has 0 spiro atoms. The minimum Gasteiger partial charge on any atom is -0.508 e. The van der Waals surface area contributed by atoms with E-state index in [1.165, 1.54) is 0 Å². The third kappa shape index (κ3) is 5.67. The molecule has 0 bridgehead atoms. The third-order valence-electron chi connectivity index (χ3n) is 2.65. The van der Waals surface area contributed by atoms with Crippen LogP contribution in [0.5, 0.6) is 5.75 Å². The minimum absolute atomic E-state index is 0.322. The van der Waals surface area contributed by atoms with Gasteiger partial charge in [-0.25, -0.2) is 0 Å². The lowest BCUT2D eigenvalue weighted by Crippen LogP contribution is -1.73. The minimum atomic E-state index is 0.322. The fourth-order valence-electron chi connectivity index (χ4n) is 1.62. The van der Waals surface area contributed by atoms with Gasteiger partial charge in [0.1, 0.15) is 5.75 Å². The van der Waals surface area contributed by atoms with E-state index in [9.17, 15) is 0 Å². The molecule has 0 heterocycles. The van der Waals surface area contributed by atoms with Crippen LogP contribution in [0.1, 0.15) is 11.1 Å². The molecule has 102 valence electrons. The Kier molecular flexibility index (Phi) is 5.66. The second kappa shape index (κ2) is 8.24. The molecule has 0 aliphatic carbocycles. The number of aromatic hydroxyl groups is 1. The zero-order valence-corrected chi connectivity index (χ0v) is 11.6. The zero-order chi connectivity index (χ0) is 14.8. The number of hydrogen-bond acceptors (Lipinski definition) is 1. The average Bonchev–Trinajstić information content (AvgIpc) is 2.56. The van der Waals surface area contributed by atoms with Crippen LogP contribution in [-0.4, -0.2) is 5.11 Å². The highest BCUT2D eigenvalue weighted by molar-refractivity contribution is 5.42. The van der Waals surface area contributed by atoms with E-state index >= 15 is 0 Å². The summed E-state index contributed by atoms with van der Waals surface area (Å²) in [5.74, 6) is 6.54. The van der Waals surface area contributed by atoms with Gasteiger partial charge in [-0.2, -0.15) is 0 Å². The summed E-state index contributed by atoms with van der Waals surface area (Å²) < 4.78 is 0. The van der Waals surface area contributed by atoms with Crippen molar-refractivity contribution in [2.45, 2.75) is 0 Å². The van der Waals surface area contributed by atoms with Gasteiger partial charge in [0.25, 0.3) is 0 Å². The van der Waals surface area contributed by atoms with Gasteiger partial charge in [0.05, 0.1) is 0 Å². The number of para-hydroxylation sites is 1. The number of phenols is 1. The average molecular weight is 272 g/mol. The fraction of sp³-hybridized carbons (Fsp3) is 0. The summed E-state index contributed by atoms with van der Waals surface area (Å²) in [7, 11) is 0. The van der Waals surface area contributed by atoms with E-state index in [0.717, 1.165) is 11.1 Å². The van der Waals surface area contributed by atoms with Crippen LogP contribution in [0.25, 0.3) is 0 Å². The number of rotatable bonds is 0. The van der Waals surface area contributed by atoms with E-state index in [1.54, 1.807) is 24.3 Å². The highest BCUT2D eigenvalue weighted by atomic mass is 16.3. The maximum Gasteiger partial charge on any atom is 0.115 e. The molecule has 0 unspecified atom stereocenters. The van der Waals surface area contributed by atoms with Gasteiger partial charge >= 0.3 is 0 Å². The second-order valence-corrected chi connectivity index (χ2v) is 4.32. The van der Waals surface area contributed by atoms with Crippen molar-refractivity contribution in [1.82, 2.24) is 0 Å². The van der Waals surface area contributed by atoms with Crippen LogP contribution in [0.3, 0.4) is 0 Å². The quantitative estimate of drug-likeness (QED) is 0.598. The predicted molar refractivity (Wildman–Crippen MR) is 87.0 cm³/mol. The molecule has 3 aromatic carbocycles. The molecule has 1 heteroatoms.